The van der Waals surface area contributed by atoms with E-state index in [0.29, 0.717) is 12.0 Å². The van der Waals surface area contributed by atoms with Crippen LogP contribution in [-0.2, 0) is 20.5 Å². The number of allylic oxidation sites excluding steroid dienone is 3. The van der Waals surface area contributed by atoms with E-state index in [0.717, 1.165) is 48.8 Å². The third kappa shape index (κ3) is 8.21. The number of aliphatic carboxylic acids is 1. The lowest BCUT2D eigenvalue weighted by Crippen LogP contribution is -2.35. The van der Waals surface area contributed by atoms with Gasteiger partial charge in [0.15, 0.2) is 0 Å². The average Bonchev–Trinajstić information content (AvgIpc) is 2.78. The Morgan fingerprint density at radius 3 is 2.49 bits per heavy atom. The molecule has 0 spiro atoms. The topological polar surface area (TPSA) is 122 Å². The second kappa shape index (κ2) is 13.3. The molecule has 206 valence electrons. The number of rotatable bonds is 13. The smallest absolute Gasteiger partial charge is 0.424 e. The van der Waals surface area contributed by atoms with Crippen molar-refractivity contribution < 1.29 is 33.6 Å². The normalized spacial score (nSPS) is 20.0. The molecule has 2 unspecified atom stereocenters. The Balaban J connectivity index is 2.70. The standard InChI is InChI=1S/C28H42NO7P/c1-8-9-10-11-21-15-24(30)26(23-14-19(6)12-13-22(23)17(2)3)25(16-21)36-37(34,28(33)35-18(4)5)29-20(7)27(31)32/h14-16,18,20,22-23,30H,2,8-13H2,1,3-7H3,(H,29,34)(H,31,32)/t20?,22-,23+,37?/m0/s1. The van der Waals surface area contributed by atoms with Crippen LogP contribution in [0.15, 0.2) is 35.9 Å². The van der Waals surface area contributed by atoms with Gasteiger partial charge in [-0.2, -0.15) is 0 Å². The summed E-state index contributed by atoms with van der Waals surface area (Å²) in [7, 11) is -4.55. The van der Waals surface area contributed by atoms with Gasteiger partial charge in [0, 0.05) is 11.5 Å². The Labute approximate surface area is 220 Å². The minimum Gasteiger partial charge on any atom is -0.507 e. The van der Waals surface area contributed by atoms with E-state index in [9.17, 15) is 24.4 Å². The number of benzene rings is 1. The molecule has 0 aromatic heterocycles. The number of aryl methyl sites for hydroxylation is 1. The van der Waals surface area contributed by atoms with Gasteiger partial charge in [-0.1, -0.05) is 43.6 Å². The predicted octanol–water partition coefficient (Wildman–Crippen LogP) is 7.32. The summed E-state index contributed by atoms with van der Waals surface area (Å²) in [4.78, 5) is 24.5. The molecule has 0 saturated heterocycles. The maximum Gasteiger partial charge on any atom is 0.424 e. The van der Waals surface area contributed by atoms with Crippen LogP contribution in [0.5, 0.6) is 11.5 Å². The number of phenolic OH excluding ortho intramolecular Hbond substituents is 1. The van der Waals surface area contributed by atoms with E-state index in [2.05, 4.69) is 18.6 Å². The first-order valence-corrected chi connectivity index (χ1v) is 14.6. The zero-order chi connectivity index (χ0) is 27.9. The van der Waals surface area contributed by atoms with Gasteiger partial charge in [-0.25, -0.2) is 14.4 Å². The van der Waals surface area contributed by atoms with Crippen molar-refractivity contribution in [2.24, 2.45) is 5.92 Å². The largest absolute Gasteiger partial charge is 0.507 e. The van der Waals surface area contributed by atoms with Crippen LogP contribution in [0.3, 0.4) is 0 Å². The molecule has 1 aliphatic rings. The maximum atomic E-state index is 13.9. The second-order valence-electron chi connectivity index (χ2n) is 10.3. The first-order chi connectivity index (χ1) is 17.3. The SMILES string of the molecule is C=C(C)[C@@H]1CCC(C)=C[C@H]1c1c(O)cc(CCCCC)cc1OP(=O)(NC(C)C(=O)O)C(=O)OC(C)C. The van der Waals surface area contributed by atoms with Crippen LogP contribution >= 0.6 is 7.52 Å². The van der Waals surface area contributed by atoms with Crippen LogP contribution in [0.1, 0.15) is 90.7 Å². The first-order valence-electron chi connectivity index (χ1n) is 13.0. The Morgan fingerprint density at radius 1 is 1.24 bits per heavy atom. The van der Waals surface area contributed by atoms with Crippen molar-refractivity contribution in [2.75, 3.05) is 0 Å². The van der Waals surface area contributed by atoms with E-state index in [4.69, 9.17) is 9.26 Å². The van der Waals surface area contributed by atoms with Crippen LogP contribution in [0, 0.1) is 5.92 Å². The molecule has 0 heterocycles. The van der Waals surface area contributed by atoms with E-state index >= 15 is 0 Å². The predicted molar refractivity (Wildman–Crippen MR) is 145 cm³/mol. The monoisotopic (exact) mass is 535 g/mol. The van der Waals surface area contributed by atoms with Crippen molar-refractivity contribution in [3.63, 3.8) is 0 Å². The minimum atomic E-state index is -4.55. The molecule has 9 heteroatoms. The molecule has 3 N–H and O–H groups in total. The van der Waals surface area contributed by atoms with Crippen LogP contribution in [0.25, 0.3) is 0 Å². The fraction of sp³-hybridized carbons (Fsp3) is 0.571. The number of hydrogen-bond donors (Lipinski definition) is 3. The van der Waals surface area contributed by atoms with Crippen LogP contribution in [-0.4, -0.2) is 34.0 Å². The number of carboxylic acids is 1. The summed E-state index contributed by atoms with van der Waals surface area (Å²) in [6.07, 6.45) is 6.71. The summed E-state index contributed by atoms with van der Waals surface area (Å²) in [5.74, 6) is -1.58. The van der Waals surface area contributed by atoms with Crippen molar-refractivity contribution in [3.05, 3.63) is 47.1 Å². The molecular weight excluding hydrogens is 493 g/mol. The molecule has 1 aromatic rings. The van der Waals surface area contributed by atoms with E-state index in [1.54, 1.807) is 26.0 Å². The Kier molecular flexibility index (Phi) is 11.0. The van der Waals surface area contributed by atoms with Gasteiger partial charge in [-0.15, -0.1) is 0 Å². The molecule has 1 aromatic carbocycles. The van der Waals surface area contributed by atoms with Gasteiger partial charge in [-0.3, -0.25) is 4.79 Å². The van der Waals surface area contributed by atoms with Crippen LogP contribution < -0.4 is 9.61 Å². The third-order valence-electron chi connectivity index (χ3n) is 6.50. The van der Waals surface area contributed by atoms with Crippen molar-refractivity contribution in [2.45, 2.75) is 98.1 Å². The van der Waals surface area contributed by atoms with Gasteiger partial charge in [0.2, 0.25) is 0 Å². The molecule has 4 atom stereocenters. The Hall–Kier alpha value is -2.57. The Morgan fingerprint density at radius 2 is 1.92 bits per heavy atom. The fourth-order valence-electron chi connectivity index (χ4n) is 4.54. The number of carbonyl (C=O) groups is 2. The van der Waals surface area contributed by atoms with E-state index in [1.165, 1.54) is 6.92 Å². The van der Waals surface area contributed by atoms with Crippen molar-refractivity contribution in [1.82, 2.24) is 5.09 Å². The first kappa shape index (κ1) is 30.7. The lowest BCUT2D eigenvalue weighted by molar-refractivity contribution is -0.138. The highest BCUT2D eigenvalue weighted by molar-refractivity contribution is 7.74. The van der Waals surface area contributed by atoms with Gasteiger partial charge in [0.1, 0.15) is 17.5 Å². The highest BCUT2D eigenvalue weighted by atomic mass is 31.2. The van der Waals surface area contributed by atoms with Gasteiger partial charge in [0.05, 0.1) is 6.10 Å². The Bertz CT molecular complexity index is 1080. The molecule has 0 fully saturated rings. The van der Waals surface area contributed by atoms with E-state index in [1.807, 2.05) is 19.9 Å². The van der Waals surface area contributed by atoms with Crippen LogP contribution in [0.4, 0.5) is 4.79 Å². The molecule has 8 nitrogen and oxygen atoms in total. The third-order valence-corrected chi connectivity index (χ3v) is 8.27. The number of ether oxygens (including phenoxy) is 1. The zero-order valence-corrected chi connectivity index (χ0v) is 23.8. The number of hydrogen-bond acceptors (Lipinski definition) is 6. The molecule has 1 aliphatic carbocycles. The molecule has 0 radical (unpaired) electrons. The van der Waals surface area contributed by atoms with Gasteiger partial charge in [-0.05, 0) is 83.9 Å². The summed E-state index contributed by atoms with van der Waals surface area (Å²) in [5, 5.41) is 23.0. The zero-order valence-electron chi connectivity index (χ0n) is 22.9. The number of unbranched alkanes of at least 4 members (excludes halogenated alkanes) is 2. The summed E-state index contributed by atoms with van der Waals surface area (Å²) in [6, 6.07) is 2.03. The number of phenols is 1. The number of nitrogens with one attached hydrogen (secondary N) is 1. The van der Waals surface area contributed by atoms with E-state index in [-0.39, 0.29) is 23.3 Å². The summed E-state index contributed by atoms with van der Waals surface area (Å²) in [5.41, 5.74) is 2.06. The molecule has 0 bridgehead atoms. The molecular formula is C28H42NO7P. The van der Waals surface area contributed by atoms with Gasteiger partial charge >= 0.3 is 19.2 Å². The van der Waals surface area contributed by atoms with Crippen molar-refractivity contribution >= 4 is 19.2 Å². The second-order valence-corrected chi connectivity index (χ2v) is 12.2. The van der Waals surface area contributed by atoms with Crippen molar-refractivity contribution in [3.8, 4) is 11.5 Å². The molecule has 2 rings (SSSR count). The quantitative estimate of drug-likeness (QED) is 0.136. The lowest BCUT2D eigenvalue weighted by atomic mass is 9.73. The molecule has 0 amide bonds. The summed E-state index contributed by atoms with van der Waals surface area (Å²) >= 11 is 0. The maximum absolute atomic E-state index is 13.9. The fourth-order valence-corrected chi connectivity index (χ4v) is 6.17. The summed E-state index contributed by atoms with van der Waals surface area (Å²) < 4.78 is 25.1. The molecule has 37 heavy (non-hydrogen) atoms. The molecule has 0 saturated carbocycles. The van der Waals surface area contributed by atoms with Gasteiger partial charge < -0.3 is 19.5 Å². The lowest BCUT2D eigenvalue weighted by Gasteiger charge is -2.33. The van der Waals surface area contributed by atoms with E-state index < -0.39 is 31.3 Å². The minimum absolute atomic E-state index is 0.00389. The van der Waals surface area contributed by atoms with Crippen molar-refractivity contribution in [1.29, 1.82) is 0 Å². The van der Waals surface area contributed by atoms with Gasteiger partial charge in [0.25, 0.3) is 0 Å². The average molecular weight is 536 g/mol. The number of carboxylic acid groups (broad SMARTS) is 1. The highest BCUT2D eigenvalue weighted by Gasteiger charge is 2.42. The number of carbonyl (C=O) groups excluding carboxylic acids is 1. The highest BCUT2D eigenvalue weighted by Crippen LogP contribution is 2.52. The molecule has 0 aliphatic heterocycles. The van der Waals surface area contributed by atoms with Crippen LogP contribution in [0.2, 0.25) is 0 Å². The summed E-state index contributed by atoms with van der Waals surface area (Å²) in [6.45, 7) is 14.6. The number of aromatic hydroxyl groups is 1.